The Hall–Kier alpha value is -1.13. The van der Waals surface area contributed by atoms with E-state index in [-0.39, 0.29) is 6.10 Å². The van der Waals surface area contributed by atoms with Gasteiger partial charge in [-0.25, -0.2) is 4.98 Å². The van der Waals surface area contributed by atoms with Gasteiger partial charge in [-0.2, -0.15) is 0 Å². The molecule has 2 atom stereocenters. The molecule has 1 saturated carbocycles. The van der Waals surface area contributed by atoms with Crippen molar-refractivity contribution >= 4 is 5.82 Å². The fraction of sp³-hybridized carbons (Fsp3) is 0.706. The summed E-state index contributed by atoms with van der Waals surface area (Å²) in [5, 5.41) is 13.5. The smallest absolute Gasteiger partial charge is 0.131 e. The van der Waals surface area contributed by atoms with Crippen LogP contribution in [0.1, 0.15) is 49.7 Å². The first kappa shape index (κ1) is 13.5. The Morgan fingerprint density at radius 2 is 1.95 bits per heavy atom. The topological polar surface area (TPSA) is 48.4 Å². The highest BCUT2D eigenvalue weighted by atomic mass is 16.3. The molecule has 1 aliphatic carbocycles. The number of fused-ring (bicyclic) bond motifs is 2. The average molecular weight is 287 g/mol. The molecule has 2 aliphatic heterocycles. The number of piperidine rings is 1. The molecule has 3 heterocycles. The summed E-state index contributed by atoms with van der Waals surface area (Å²) in [7, 11) is 0. The van der Waals surface area contributed by atoms with E-state index in [9.17, 15) is 5.11 Å². The maximum atomic E-state index is 9.94. The van der Waals surface area contributed by atoms with E-state index in [0.717, 1.165) is 31.2 Å². The number of nitrogens with one attached hydrogen (secondary N) is 1. The number of aliphatic hydroxyl groups excluding tert-OH is 1. The van der Waals surface area contributed by atoms with Crippen LogP contribution >= 0.6 is 0 Å². The van der Waals surface area contributed by atoms with Gasteiger partial charge < -0.3 is 15.3 Å². The maximum Gasteiger partial charge on any atom is 0.131 e. The minimum atomic E-state index is -0.110. The summed E-state index contributed by atoms with van der Waals surface area (Å²) in [4.78, 5) is 7.26. The largest absolute Gasteiger partial charge is 0.393 e. The van der Waals surface area contributed by atoms with Crippen LogP contribution in [0.15, 0.2) is 12.3 Å². The molecule has 0 amide bonds. The number of nitrogens with zero attached hydrogens (tertiary/aromatic N) is 2. The van der Waals surface area contributed by atoms with Crippen molar-refractivity contribution in [2.24, 2.45) is 0 Å². The van der Waals surface area contributed by atoms with E-state index >= 15 is 0 Å². The Bertz CT molecular complexity index is 515. The molecule has 1 aromatic rings. The lowest BCUT2D eigenvalue weighted by atomic mass is 9.99. The third kappa shape index (κ3) is 2.67. The van der Waals surface area contributed by atoms with Gasteiger partial charge in [0.1, 0.15) is 5.82 Å². The number of pyridine rings is 1. The summed E-state index contributed by atoms with van der Waals surface area (Å²) in [5.41, 5.74) is 2.56. The molecule has 1 aromatic heterocycles. The fourth-order valence-corrected chi connectivity index (χ4v) is 4.04. The summed E-state index contributed by atoms with van der Waals surface area (Å²) >= 11 is 0. The highest BCUT2D eigenvalue weighted by molar-refractivity contribution is 5.51. The van der Waals surface area contributed by atoms with Gasteiger partial charge in [0.25, 0.3) is 0 Å². The van der Waals surface area contributed by atoms with Crippen LogP contribution in [-0.2, 0) is 6.54 Å². The SMILES string of the molecule is Cc1cc(CNC2CC2)cnc1N1C2CCC1CC(O)C2. The van der Waals surface area contributed by atoms with Gasteiger partial charge in [-0.3, -0.25) is 0 Å². The van der Waals surface area contributed by atoms with E-state index in [1.165, 1.54) is 36.8 Å². The Kier molecular flexibility index (Phi) is 3.38. The van der Waals surface area contributed by atoms with Crippen molar-refractivity contribution in [3.8, 4) is 0 Å². The Morgan fingerprint density at radius 3 is 2.57 bits per heavy atom. The summed E-state index contributed by atoms with van der Waals surface area (Å²) in [6.07, 6.45) is 8.78. The van der Waals surface area contributed by atoms with Crippen LogP contribution in [0.3, 0.4) is 0 Å². The minimum absolute atomic E-state index is 0.110. The van der Waals surface area contributed by atoms with E-state index in [0.29, 0.717) is 12.1 Å². The third-order valence-electron chi connectivity index (χ3n) is 5.23. The van der Waals surface area contributed by atoms with Crippen molar-refractivity contribution < 1.29 is 5.11 Å². The monoisotopic (exact) mass is 287 g/mol. The van der Waals surface area contributed by atoms with Crippen molar-refractivity contribution in [1.82, 2.24) is 10.3 Å². The van der Waals surface area contributed by atoms with Crippen LogP contribution in [0.2, 0.25) is 0 Å². The zero-order valence-corrected chi connectivity index (χ0v) is 12.8. The first-order valence-corrected chi connectivity index (χ1v) is 8.36. The molecular weight excluding hydrogens is 262 g/mol. The van der Waals surface area contributed by atoms with Crippen molar-refractivity contribution in [2.45, 2.75) is 76.2 Å². The molecule has 21 heavy (non-hydrogen) atoms. The fourth-order valence-electron chi connectivity index (χ4n) is 4.04. The van der Waals surface area contributed by atoms with Crippen LogP contribution in [-0.4, -0.2) is 34.3 Å². The molecule has 2 unspecified atom stereocenters. The first-order valence-electron chi connectivity index (χ1n) is 8.36. The molecule has 4 rings (SSSR count). The van der Waals surface area contributed by atoms with Gasteiger partial charge in [0.15, 0.2) is 0 Å². The summed E-state index contributed by atoms with van der Waals surface area (Å²) < 4.78 is 0. The van der Waals surface area contributed by atoms with Gasteiger partial charge in [0, 0.05) is 30.9 Å². The van der Waals surface area contributed by atoms with Crippen molar-refractivity contribution in [3.63, 3.8) is 0 Å². The normalized spacial score (nSPS) is 31.7. The predicted molar refractivity (Wildman–Crippen MR) is 83.4 cm³/mol. The molecule has 4 nitrogen and oxygen atoms in total. The average Bonchev–Trinajstić information content (AvgIpc) is 3.23. The number of rotatable bonds is 4. The predicted octanol–water partition coefficient (Wildman–Crippen LogP) is 2.13. The Balaban J connectivity index is 1.52. The number of aryl methyl sites for hydroxylation is 1. The number of hydrogen-bond acceptors (Lipinski definition) is 4. The maximum absolute atomic E-state index is 9.94. The van der Waals surface area contributed by atoms with Gasteiger partial charge in [-0.15, -0.1) is 0 Å². The zero-order valence-electron chi connectivity index (χ0n) is 12.8. The molecule has 0 radical (unpaired) electrons. The molecule has 2 N–H and O–H groups in total. The molecule has 3 aliphatic rings. The van der Waals surface area contributed by atoms with Gasteiger partial charge in [-0.05, 0) is 62.6 Å². The molecule has 2 saturated heterocycles. The molecule has 114 valence electrons. The molecule has 0 spiro atoms. The second-order valence-electron chi connectivity index (χ2n) is 7.06. The van der Waals surface area contributed by atoms with Crippen LogP contribution in [0.25, 0.3) is 0 Å². The van der Waals surface area contributed by atoms with E-state index in [1.807, 2.05) is 6.20 Å². The third-order valence-corrected chi connectivity index (χ3v) is 5.23. The second kappa shape index (κ2) is 5.25. The van der Waals surface area contributed by atoms with E-state index in [1.54, 1.807) is 0 Å². The van der Waals surface area contributed by atoms with E-state index in [2.05, 4.69) is 23.2 Å². The lowest BCUT2D eigenvalue weighted by molar-refractivity contribution is 0.126. The van der Waals surface area contributed by atoms with Gasteiger partial charge in [0.2, 0.25) is 0 Å². The van der Waals surface area contributed by atoms with Gasteiger partial charge in [-0.1, -0.05) is 0 Å². The van der Waals surface area contributed by atoms with E-state index < -0.39 is 0 Å². The lowest BCUT2D eigenvalue weighted by Gasteiger charge is -2.38. The second-order valence-corrected chi connectivity index (χ2v) is 7.06. The summed E-state index contributed by atoms with van der Waals surface area (Å²) in [5.74, 6) is 1.14. The van der Waals surface area contributed by atoms with Crippen LogP contribution in [0, 0.1) is 6.92 Å². The number of aliphatic hydroxyl groups is 1. The minimum Gasteiger partial charge on any atom is -0.393 e. The van der Waals surface area contributed by atoms with Crippen LogP contribution in [0.4, 0.5) is 5.82 Å². The molecular formula is C17H25N3O. The van der Waals surface area contributed by atoms with Crippen LogP contribution in [0.5, 0.6) is 0 Å². The van der Waals surface area contributed by atoms with Crippen molar-refractivity contribution in [1.29, 1.82) is 0 Å². The first-order chi connectivity index (χ1) is 10.2. The van der Waals surface area contributed by atoms with Crippen molar-refractivity contribution in [2.75, 3.05) is 4.90 Å². The van der Waals surface area contributed by atoms with Gasteiger partial charge >= 0.3 is 0 Å². The highest BCUT2D eigenvalue weighted by Crippen LogP contribution is 2.39. The quantitative estimate of drug-likeness (QED) is 0.891. The number of anilines is 1. The number of hydrogen-bond donors (Lipinski definition) is 2. The summed E-state index contributed by atoms with van der Waals surface area (Å²) in [6.45, 7) is 3.11. The summed E-state index contributed by atoms with van der Waals surface area (Å²) in [6, 6.07) is 3.99. The molecule has 2 bridgehead atoms. The standard InChI is InChI=1S/C17H25N3O/c1-11-6-12(9-18-13-2-3-13)10-19-17(11)20-14-4-5-15(20)8-16(21)7-14/h6,10,13-16,18,21H,2-5,7-9H2,1H3. The molecule has 3 fully saturated rings. The van der Waals surface area contributed by atoms with Crippen molar-refractivity contribution in [3.05, 3.63) is 23.4 Å². The van der Waals surface area contributed by atoms with E-state index in [4.69, 9.17) is 4.98 Å². The van der Waals surface area contributed by atoms with Crippen LogP contribution < -0.4 is 10.2 Å². The zero-order chi connectivity index (χ0) is 14.4. The number of aromatic nitrogens is 1. The Labute approximate surface area is 126 Å². The lowest BCUT2D eigenvalue weighted by Crippen LogP contribution is -2.45. The van der Waals surface area contributed by atoms with Gasteiger partial charge in [0.05, 0.1) is 6.10 Å². The molecule has 0 aromatic carbocycles. The molecule has 4 heteroatoms. The highest BCUT2D eigenvalue weighted by Gasteiger charge is 2.41. The Morgan fingerprint density at radius 1 is 1.24 bits per heavy atom.